The first-order chi connectivity index (χ1) is 12.5. The third-order valence-corrected chi connectivity index (χ3v) is 4.64. The summed E-state index contributed by atoms with van der Waals surface area (Å²) in [5.74, 6) is 0.314. The highest BCUT2D eigenvalue weighted by Crippen LogP contribution is 2.21. The maximum atomic E-state index is 13.5. The Kier molecular flexibility index (Phi) is 5.76. The summed E-state index contributed by atoms with van der Waals surface area (Å²) in [6, 6.07) is 14.3. The van der Waals surface area contributed by atoms with Crippen molar-refractivity contribution in [1.82, 2.24) is 5.32 Å². The van der Waals surface area contributed by atoms with Crippen LogP contribution in [0.1, 0.15) is 25.3 Å². The Morgan fingerprint density at radius 1 is 1.27 bits per heavy atom. The van der Waals surface area contributed by atoms with Crippen molar-refractivity contribution in [3.63, 3.8) is 0 Å². The van der Waals surface area contributed by atoms with Gasteiger partial charge < -0.3 is 15.0 Å². The van der Waals surface area contributed by atoms with E-state index in [4.69, 9.17) is 4.74 Å². The third kappa shape index (κ3) is 4.75. The lowest BCUT2D eigenvalue weighted by molar-refractivity contribution is -0.128. The highest BCUT2D eigenvalue weighted by Gasteiger charge is 2.24. The Morgan fingerprint density at radius 3 is 2.77 bits per heavy atom. The molecule has 0 radical (unpaired) electrons. The summed E-state index contributed by atoms with van der Waals surface area (Å²) in [4.78, 5) is 14.6. The van der Waals surface area contributed by atoms with Gasteiger partial charge in [-0.15, -0.1) is 0 Å². The lowest BCUT2D eigenvalue weighted by Gasteiger charge is -2.35. The van der Waals surface area contributed by atoms with Crippen molar-refractivity contribution in [2.75, 3.05) is 18.0 Å². The second-order valence-corrected chi connectivity index (χ2v) is 6.85. The fourth-order valence-electron chi connectivity index (χ4n) is 3.20. The zero-order valence-electron chi connectivity index (χ0n) is 15.2. The van der Waals surface area contributed by atoms with Gasteiger partial charge >= 0.3 is 0 Å². The first-order valence-electron chi connectivity index (χ1n) is 9.05. The molecule has 4 nitrogen and oxygen atoms in total. The van der Waals surface area contributed by atoms with E-state index in [1.165, 1.54) is 12.1 Å². The van der Waals surface area contributed by atoms with Crippen LogP contribution < -0.4 is 15.0 Å². The first kappa shape index (κ1) is 18.2. The van der Waals surface area contributed by atoms with Crippen molar-refractivity contribution in [2.24, 2.45) is 0 Å². The van der Waals surface area contributed by atoms with Gasteiger partial charge in [0.15, 0.2) is 6.10 Å². The molecule has 138 valence electrons. The molecule has 0 saturated carbocycles. The molecule has 26 heavy (non-hydrogen) atoms. The van der Waals surface area contributed by atoms with Crippen LogP contribution in [0.3, 0.4) is 0 Å². The molecule has 1 aliphatic heterocycles. The standard InChI is InChI=1S/C21H25FN2O2/c1-15-8-10-20(11-9-15)26-16(2)21(25)23-18-6-4-12-24(14-18)19-7-3-5-17(22)13-19/h3,5,7-11,13,16,18H,4,6,12,14H2,1-2H3,(H,23,25). The number of halogens is 1. The van der Waals surface area contributed by atoms with Gasteiger partial charge in [-0.25, -0.2) is 4.39 Å². The minimum Gasteiger partial charge on any atom is -0.481 e. The average molecular weight is 356 g/mol. The maximum absolute atomic E-state index is 13.5. The van der Waals surface area contributed by atoms with Gasteiger partial charge in [0.25, 0.3) is 5.91 Å². The van der Waals surface area contributed by atoms with Crippen LogP contribution in [-0.2, 0) is 4.79 Å². The van der Waals surface area contributed by atoms with E-state index in [0.29, 0.717) is 12.3 Å². The Bertz CT molecular complexity index is 748. The summed E-state index contributed by atoms with van der Waals surface area (Å²) < 4.78 is 19.2. The summed E-state index contributed by atoms with van der Waals surface area (Å²) in [6.45, 7) is 5.30. The lowest BCUT2D eigenvalue weighted by atomic mass is 10.0. The van der Waals surface area contributed by atoms with Crippen LogP contribution in [0.2, 0.25) is 0 Å². The van der Waals surface area contributed by atoms with Gasteiger partial charge in [-0.05, 0) is 57.0 Å². The summed E-state index contributed by atoms with van der Waals surface area (Å²) in [5, 5.41) is 3.07. The number of hydrogen-bond donors (Lipinski definition) is 1. The van der Waals surface area contributed by atoms with Gasteiger partial charge in [-0.2, -0.15) is 0 Å². The molecule has 1 saturated heterocycles. The first-order valence-corrected chi connectivity index (χ1v) is 9.05. The zero-order chi connectivity index (χ0) is 18.5. The third-order valence-electron chi connectivity index (χ3n) is 4.64. The van der Waals surface area contributed by atoms with Crippen molar-refractivity contribution in [1.29, 1.82) is 0 Å². The number of rotatable bonds is 5. The van der Waals surface area contributed by atoms with Crippen molar-refractivity contribution in [3.05, 3.63) is 59.9 Å². The van der Waals surface area contributed by atoms with Gasteiger partial charge in [-0.3, -0.25) is 4.79 Å². The summed E-state index contributed by atoms with van der Waals surface area (Å²) in [7, 11) is 0. The Balaban J connectivity index is 1.55. The number of benzene rings is 2. The molecular weight excluding hydrogens is 331 g/mol. The van der Waals surface area contributed by atoms with Crippen molar-refractivity contribution in [2.45, 2.75) is 38.8 Å². The molecule has 1 N–H and O–H groups in total. The number of hydrogen-bond acceptors (Lipinski definition) is 3. The minimum atomic E-state index is -0.567. The number of nitrogens with zero attached hydrogens (tertiary/aromatic N) is 1. The molecule has 3 rings (SSSR count). The molecule has 0 aliphatic carbocycles. The topological polar surface area (TPSA) is 41.6 Å². The second-order valence-electron chi connectivity index (χ2n) is 6.85. The number of aryl methyl sites for hydroxylation is 1. The number of carbonyl (C=O) groups is 1. The smallest absolute Gasteiger partial charge is 0.261 e. The molecule has 1 amide bonds. The normalized spacial score (nSPS) is 18.3. The Morgan fingerprint density at radius 2 is 2.04 bits per heavy atom. The van der Waals surface area contributed by atoms with Crippen molar-refractivity contribution < 1.29 is 13.9 Å². The maximum Gasteiger partial charge on any atom is 0.261 e. The molecule has 0 spiro atoms. The highest BCUT2D eigenvalue weighted by molar-refractivity contribution is 5.81. The number of anilines is 1. The molecule has 2 aromatic carbocycles. The molecule has 1 aliphatic rings. The lowest BCUT2D eigenvalue weighted by Crippen LogP contribution is -2.50. The molecule has 1 fully saturated rings. The molecule has 2 atom stereocenters. The molecule has 2 unspecified atom stereocenters. The number of nitrogens with one attached hydrogen (secondary N) is 1. The van der Waals surface area contributed by atoms with Crippen LogP contribution in [0.25, 0.3) is 0 Å². The van der Waals surface area contributed by atoms with E-state index in [1.807, 2.05) is 37.3 Å². The molecule has 2 aromatic rings. The van der Waals surface area contributed by atoms with E-state index in [-0.39, 0.29) is 17.8 Å². The second kappa shape index (κ2) is 8.21. The summed E-state index contributed by atoms with van der Waals surface area (Å²) in [6.07, 6.45) is 1.30. The molecule has 0 bridgehead atoms. The fourth-order valence-corrected chi connectivity index (χ4v) is 3.20. The van der Waals surface area contributed by atoms with E-state index in [9.17, 15) is 9.18 Å². The van der Waals surface area contributed by atoms with Gasteiger partial charge in [0.05, 0.1) is 0 Å². The van der Waals surface area contributed by atoms with Crippen LogP contribution in [0.4, 0.5) is 10.1 Å². The van der Waals surface area contributed by atoms with Crippen LogP contribution in [0.15, 0.2) is 48.5 Å². The van der Waals surface area contributed by atoms with E-state index >= 15 is 0 Å². The van der Waals surface area contributed by atoms with Crippen LogP contribution in [-0.4, -0.2) is 31.1 Å². The highest BCUT2D eigenvalue weighted by atomic mass is 19.1. The average Bonchev–Trinajstić information content (AvgIpc) is 2.64. The number of piperidine rings is 1. The van der Waals surface area contributed by atoms with Crippen LogP contribution in [0.5, 0.6) is 5.75 Å². The Labute approximate surface area is 154 Å². The van der Waals surface area contributed by atoms with Gasteiger partial charge in [0, 0.05) is 24.8 Å². The number of amides is 1. The Hall–Kier alpha value is -2.56. The fraction of sp³-hybridized carbons (Fsp3) is 0.381. The molecular formula is C21H25FN2O2. The molecule has 0 aromatic heterocycles. The zero-order valence-corrected chi connectivity index (χ0v) is 15.2. The van der Waals surface area contributed by atoms with Crippen molar-refractivity contribution in [3.8, 4) is 5.75 Å². The SMILES string of the molecule is Cc1ccc(OC(C)C(=O)NC2CCCN(c3cccc(F)c3)C2)cc1. The largest absolute Gasteiger partial charge is 0.481 e. The summed E-state index contributed by atoms with van der Waals surface area (Å²) >= 11 is 0. The number of carbonyl (C=O) groups excluding carboxylic acids is 1. The van der Waals surface area contributed by atoms with Gasteiger partial charge in [-0.1, -0.05) is 23.8 Å². The molecule has 5 heteroatoms. The predicted octanol–water partition coefficient (Wildman–Crippen LogP) is 3.69. The minimum absolute atomic E-state index is 0.0311. The van der Waals surface area contributed by atoms with Crippen molar-refractivity contribution >= 4 is 11.6 Å². The van der Waals surface area contributed by atoms with E-state index in [2.05, 4.69) is 10.2 Å². The van der Waals surface area contributed by atoms with Crippen LogP contribution >= 0.6 is 0 Å². The van der Waals surface area contributed by atoms with E-state index in [1.54, 1.807) is 13.0 Å². The van der Waals surface area contributed by atoms with E-state index in [0.717, 1.165) is 30.6 Å². The van der Waals surface area contributed by atoms with Gasteiger partial charge in [0.1, 0.15) is 11.6 Å². The van der Waals surface area contributed by atoms with Gasteiger partial charge in [0.2, 0.25) is 0 Å². The summed E-state index contributed by atoms with van der Waals surface area (Å²) in [5.41, 5.74) is 2.00. The molecule has 1 heterocycles. The quantitative estimate of drug-likeness (QED) is 0.888. The number of ether oxygens (including phenoxy) is 1. The predicted molar refractivity (Wildman–Crippen MR) is 101 cm³/mol. The van der Waals surface area contributed by atoms with Crippen LogP contribution in [0, 0.1) is 12.7 Å². The monoisotopic (exact) mass is 356 g/mol. The van der Waals surface area contributed by atoms with E-state index < -0.39 is 6.10 Å².